The molecule has 1 aliphatic rings. The van der Waals surface area contributed by atoms with Crippen LogP contribution in [0.5, 0.6) is 0 Å². The standard InChI is InChI=1S/C11H14OS3/c1-13-4-2-9(12)11-6-8-7-14-5-3-10(8)15-11/h6H,2-5,7H2,1H3. The summed E-state index contributed by atoms with van der Waals surface area (Å²) >= 11 is 5.43. The molecule has 2 heterocycles. The fourth-order valence-corrected chi connectivity index (χ4v) is 4.33. The molecule has 1 aliphatic heterocycles. The molecule has 15 heavy (non-hydrogen) atoms. The van der Waals surface area contributed by atoms with Crippen LogP contribution in [0.4, 0.5) is 0 Å². The summed E-state index contributed by atoms with van der Waals surface area (Å²) in [7, 11) is 0. The van der Waals surface area contributed by atoms with Crippen LogP contribution in [0.1, 0.15) is 26.5 Å². The van der Waals surface area contributed by atoms with Crippen LogP contribution < -0.4 is 0 Å². The van der Waals surface area contributed by atoms with E-state index in [1.807, 2.05) is 18.0 Å². The first-order valence-electron chi connectivity index (χ1n) is 5.02. The molecule has 0 saturated carbocycles. The largest absolute Gasteiger partial charge is 0.293 e. The number of hydrogen-bond donors (Lipinski definition) is 0. The fraction of sp³-hybridized carbons (Fsp3) is 0.545. The Morgan fingerprint density at radius 2 is 2.47 bits per heavy atom. The van der Waals surface area contributed by atoms with Crippen LogP contribution in [0.3, 0.4) is 0 Å². The Hall–Kier alpha value is 0.0700. The Morgan fingerprint density at radius 1 is 1.60 bits per heavy atom. The topological polar surface area (TPSA) is 17.1 Å². The van der Waals surface area contributed by atoms with Crippen molar-refractivity contribution in [3.8, 4) is 0 Å². The van der Waals surface area contributed by atoms with Gasteiger partial charge in [-0.25, -0.2) is 0 Å². The van der Waals surface area contributed by atoms with Crippen LogP contribution in [0, 0.1) is 0 Å². The van der Waals surface area contributed by atoms with E-state index in [1.165, 1.54) is 16.2 Å². The van der Waals surface area contributed by atoms with Gasteiger partial charge in [0.15, 0.2) is 5.78 Å². The number of carbonyl (C=O) groups is 1. The van der Waals surface area contributed by atoms with Crippen molar-refractivity contribution in [3.63, 3.8) is 0 Å². The maximum Gasteiger partial charge on any atom is 0.173 e. The zero-order valence-corrected chi connectivity index (χ0v) is 11.2. The number of ketones is 1. The normalized spacial score (nSPS) is 15.0. The van der Waals surface area contributed by atoms with Gasteiger partial charge in [-0.15, -0.1) is 11.3 Å². The first-order chi connectivity index (χ1) is 7.31. The number of thioether (sulfide) groups is 2. The molecule has 0 fully saturated rings. The molecular weight excluding hydrogens is 244 g/mol. The highest BCUT2D eigenvalue weighted by molar-refractivity contribution is 7.98. The number of hydrogen-bond acceptors (Lipinski definition) is 4. The molecular formula is C11H14OS3. The first-order valence-corrected chi connectivity index (χ1v) is 8.39. The van der Waals surface area contributed by atoms with Gasteiger partial charge in [0.25, 0.3) is 0 Å². The predicted octanol–water partition coefficient (Wildman–Crippen LogP) is 3.47. The van der Waals surface area contributed by atoms with Crippen molar-refractivity contribution < 1.29 is 4.79 Å². The second kappa shape index (κ2) is 5.41. The van der Waals surface area contributed by atoms with E-state index in [2.05, 4.69) is 6.07 Å². The van der Waals surface area contributed by atoms with Gasteiger partial charge in [0.05, 0.1) is 4.88 Å². The van der Waals surface area contributed by atoms with Gasteiger partial charge in [0.2, 0.25) is 0 Å². The van der Waals surface area contributed by atoms with E-state index >= 15 is 0 Å². The van der Waals surface area contributed by atoms with E-state index in [9.17, 15) is 4.79 Å². The molecule has 0 bridgehead atoms. The SMILES string of the molecule is CSCCC(=O)c1cc2c(s1)CCSC2. The zero-order valence-electron chi connectivity index (χ0n) is 8.75. The van der Waals surface area contributed by atoms with Gasteiger partial charge in [0.1, 0.15) is 0 Å². The van der Waals surface area contributed by atoms with Crippen LogP contribution in [-0.2, 0) is 12.2 Å². The third-order valence-corrected chi connectivity index (χ3v) is 5.33. The van der Waals surface area contributed by atoms with Crippen molar-refractivity contribution in [3.05, 3.63) is 21.4 Å². The summed E-state index contributed by atoms with van der Waals surface area (Å²) in [5.41, 5.74) is 1.41. The van der Waals surface area contributed by atoms with Crippen molar-refractivity contribution in [2.24, 2.45) is 0 Å². The molecule has 1 aromatic rings. The molecule has 0 amide bonds. The van der Waals surface area contributed by atoms with Crippen molar-refractivity contribution in [1.29, 1.82) is 0 Å². The van der Waals surface area contributed by atoms with E-state index in [-0.39, 0.29) is 0 Å². The summed E-state index contributed by atoms with van der Waals surface area (Å²) in [5, 5.41) is 0. The monoisotopic (exact) mass is 258 g/mol. The molecule has 0 atom stereocenters. The molecule has 0 saturated heterocycles. The first kappa shape index (κ1) is 11.6. The number of carbonyl (C=O) groups excluding carboxylic acids is 1. The Morgan fingerprint density at radius 3 is 3.20 bits per heavy atom. The molecule has 0 N–H and O–H groups in total. The fourth-order valence-electron chi connectivity index (χ4n) is 1.60. The average molecular weight is 258 g/mol. The Labute approximate surface area is 103 Å². The van der Waals surface area contributed by atoms with Crippen LogP contribution in [0.25, 0.3) is 0 Å². The van der Waals surface area contributed by atoms with Crippen molar-refractivity contribution in [1.82, 2.24) is 0 Å². The second-order valence-corrected chi connectivity index (χ2v) is 6.76. The lowest BCUT2D eigenvalue weighted by Crippen LogP contribution is -1.97. The maximum atomic E-state index is 11.8. The minimum absolute atomic E-state index is 0.328. The molecule has 1 aromatic heterocycles. The highest BCUT2D eigenvalue weighted by Gasteiger charge is 2.16. The maximum absolute atomic E-state index is 11.8. The van der Waals surface area contributed by atoms with Crippen LogP contribution >= 0.6 is 34.9 Å². The highest BCUT2D eigenvalue weighted by Crippen LogP contribution is 2.32. The molecule has 0 aromatic carbocycles. The van der Waals surface area contributed by atoms with E-state index in [0.29, 0.717) is 12.2 Å². The number of thiophene rings is 1. The Balaban J connectivity index is 2.08. The van der Waals surface area contributed by atoms with Gasteiger partial charge in [-0.1, -0.05) is 0 Å². The van der Waals surface area contributed by atoms with E-state index in [0.717, 1.165) is 22.8 Å². The van der Waals surface area contributed by atoms with E-state index < -0.39 is 0 Å². The second-order valence-electron chi connectivity index (χ2n) is 3.53. The number of rotatable bonds is 4. The molecule has 82 valence electrons. The lowest BCUT2D eigenvalue weighted by molar-refractivity contribution is 0.0993. The lowest BCUT2D eigenvalue weighted by atomic mass is 10.2. The van der Waals surface area contributed by atoms with Crippen molar-refractivity contribution in [2.45, 2.75) is 18.6 Å². The molecule has 0 aliphatic carbocycles. The average Bonchev–Trinajstić information content (AvgIpc) is 2.69. The number of Topliss-reactive ketones (excluding diaryl/α,β-unsaturated/α-hetero) is 1. The molecule has 4 heteroatoms. The third kappa shape index (κ3) is 2.80. The van der Waals surface area contributed by atoms with E-state index in [4.69, 9.17) is 0 Å². The quantitative estimate of drug-likeness (QED) is 0.770. The minimum Gasteiger partial charge on any atom is -0.293 e. The Kier molecular flexibility index (Phi) is 4.17. The van der Waals surface area contributed by atoms with Crippen LogP contribution in [0.15, 0.2) is 6.07 Å². The summed E-state index contributed by atoms with van der Waals surface area (Å²) in [5.74, 6) is 3.58. The minimum atomic E-state index is 0.328. The van der Waals surface area contributed by atoms with Crippen molar-refractivity contribution in [2.75, 3.05) is 17.8 Å². The summed E-state index contributed by atoms with van der Waals surface area (Å²) in [6, 6.07) is 2.12. The van der Waals surface area contributed by atoms with Crippen LogP contribution in [0.2, 0.25) is 0 Å². The summed E-state index contributed by atoms with van der Waals surface area (Å²) in [4.78, 5) is 14.2. The van der Waals surface area contributed by atoms with Gasteiger partial charge in [0, 0.05) is 22.8 Å². The molecule has 0 spiro atoms. The third-order valence-electron chi connectivity index (χ3n) is 2.44. The van der Waals surface area contributed by atoms with Gasteiger partial charge < -0.3 is 0 Å². The van der Waals surface area contributed by atoms with Crippen LogP contribution in [-0.4, -0.2) is 23.5 Å². The van der Waals surface area contributed by atoms with Crippen molar-refractivity contribution >= 4 is 40.6 Å². The molecule has 0 radical (unpaired) electrons. The zero-order chi connectivity index (χ0) is 10.7. The highest BCUT2D eigenvalue weighted by atomic mass is 32.2. The van der Waals surface area contributed by atoms with Gasteiger partial charge in [-0.3, -0.25) is 4.79 Å². The molecule has 0 unspecified atom stereocenters. The number of fused-ring (bicyclic) bond motifs is 1. The lowest BCUT2D eigenvalue weighted by Gasteiger charge is -2.08. The Bertz CT molecular complexity index is 333. The predicted molar refractivity (Wildman–Crippen MR) is 71.5 cm³/mol. The van der Waals surface area contributed by atoms with E-state index in [1.54, 1.807) is 23.1 Å². The molecule has 1 nitrogen and oxygen atoms in total. The van der Waals surface area contributed by atoms with Gasteiger partial charge in [-0.05, 0) is 30.1 Å². The van der Waals surface area contributed by atoms with Gasteiger partial charge in [-0.2, -0.15) is 23.5 Å². The smallest absolute Gasteiger partial charge is 0.173 e. The molecule has 2 rings (SSSR count). The summed E-state index contributed by atoms with van der Waals surface area (Å²) < 4.78 is 0. The summed E-state index contributed by atoms with van der Waals surface area (Å²) in [6.07, 6.45) is 3.89. The van der Waals surface area contributed by atoms with Gasteiger partial charge >= 0.3 is 0 Å². The number of aryl methyl sites for hydroxylation is 1. The summed E-state index contributed by atoms with van der Waals surface area (Å²) in [6.45, 7) is 0.